The van der Waals surface area contributed by atoms with Gasteiger partial charge in [-0.05, 0) is 35.4 Å². The molecule has 20 heavy (non-hydrogen) atoms. The molecule has 0 amide bonds. The number of rotatable bonds is 5. The van der Waals surface area contributed by atoms with Crippen molar-refractivity contribution in [1.82, 2.24) is 0 Å². The van der Waals surface area contributed by atoms with Crippen LogP contribution in [0, 0.1) is 0 Å². The van der Waals surface area contributed by atoms with Crippen LogP contribution in [0.3, 0.4) is 0 Å². The van der Waals surface area contributed by atoms with E-state index in [0.29, 0.717) is 0 Å². The van der Waals surface area contributed by atoms with Crippen molar-refractivity contribution < 1.29 is 9.84 Å². The maximum absolute atomic E-state index is 9.43. The molecule has 0 aliphatic carbocycles. The molecule has 2 rings (SSSR count). The number of hydrogen-bond acceptors (Lipinski definition) is 4. The van der Waals surface area contributed by atoms with Crippen LogP contribution in [0.2, 0.25) is 0 Å². The second-order valence-electron chi connectivity index (χ2n) is 4.45. The van der Waals surface area contributed by atoms with E-state index in [-0.39, 0.29) is 6.61 Å². The van der Waals surface area contributed by atoms with E-state index in [4.69, 9.17) is 4.74 Å². The first kappa shape index (κ1) is 14.2. The highest BCUT2D eigenvalue weighted by Gasteiger charge is 2.07. The predicted molar refractivity (Wildman–Crippen MR) is 83.4 cm³/mol. The Balaban J connectivity index is 2.46. The Morgan fingerprint density at radius 2 is 1.55 bits per heavy atom. The zero-order valence-corrected chi connectivity index (χ0v) is 12.0. The maximum Gasteiger partial charge on any atom is 0.142 e. The Labute approximate surface area is 119 Å². The number of aliphatic hydroxyl groups is 1. The first-order valence-electron chi connectivity index (χ1n) is 6.51. The molecule has 0 heterocycles. The van der Waals surface area contributed by atoms with Gasteiger partial charge in [0.05, 0.1) is 19.4 Å². The van der Waals surface area contributed by atoms with Crippen molar-refractivity contribution in [2.45, 2.75) is 6.61 Å². The molecule has 0 spiro atoms. The van der Waals surface area contributed by atoms with E-state index >= 15 is 0 Å². The van der Waals surface area contributed by atoms with Gasteiger partial charge in [0.2, 0.25) is 0 Å². The van der Waals surface area contributed by atoms with Crippen LogP contribution in [0.5, 0.6) is 5.75 Å². The Hall–Kier alpha value is -2.20. The monoisotopic (exact) mass is 272 g/mol. The highest BCUT2D eigenvalue weighted by Crippen LogP contribution is 2.32. The zero-order chi connectivity index (χ0) is 14.5. The average Bonchev–Trinajstić information content (AvgIpc) is 2.53. The standard InChI is InChI=1S/C16H20N2O2/c1-17-14-6-4-11(8-13(14)10-19)12-5-7-15(18-2)16(9-12)20-3/h4-9,17-19H,10H2,1-3H3. The Kier molecular flexibility index (Phi) is 4.48. The van der Waals surface area contributed by atoms with Crippen molar-refractivity contribution in [3.05, 3.63) is 42.0 Å². The van der Waals surface area contributed by atoms with E-state index in [1.54, 1.807) is 7.11 Å². The first-order chi connectivity index (χ1) is 9.73. The highest BCUT2D eigenvalue weighted by molar-refractivity contribution is 5.73. The third kappa shape index (κ3) is 2.70. The summed E-state index contributed by atoms with van der Waals surface area (Å²) in [6, 6.07) is 12.0. The number of ether oxygens (including phenoxy) is 1. The summed E-state index contributed by atoms with van der Waals surface area (Å²) in [5.41, 5.74) is 4.87. The summed E-state index contributed by atoms with van der Waals surface area (Å²) < 4.78 is 5.38. The summed E-state index contributed by atoms with van der Waals surface area (Å²) >= 11 is 0. The van der Waals surface area contributed by atoms with Crippen LogP contribution < -0.4 is 15.4 Å². The van der Waals surface area contributed by atoms with Crippen molar-refractivity contribution in [2.75, 3.05) is 31.8 Å². The van der Waals surface area contributed by atoms with E-state index in [1.165, 1.54) is 0 Å². The fourth-order valence-corrected chi connectivity index (χ4v) is 2.23. The molecule has 0 saturated heterocycles. The summed E-state index contributed by atoms with van der Waals surface area (Å²) in [4.78, 5) is 0. The molecule has 0 aliphatic rings. The molecule has 4 heteroatoms. The van der Waals surface area contributed by atoms with Crippen molar-refractivity contribution in [1.29, 1.82) is 0 Å². The summed E-state index contributed by atoms with van der Waals surface area (Å²) in [7, 11) is 5.37. The van der Waals surface area contributed by atoms with E-state index in [1.807, 2.05) is 50.5 Å². The number of methoxy groups -OCH3 is 1. The number of nitrogens with one attached hydrogen (secondary N) is 2. The van der Waals surface area contributed by atoms with E-state index in [9.17, 15) is 5.11 Å². The van der Waals surface area contributed by atoms with E-state index in [2.05, 4.69) is 10.6 Å². The van der Waals surface area contributed by atoms with Crippen molar-refractivity contribution >= 4 is 11.4 Å². The highest BCUT2D eigenvalue weighted by atomic mass is 16.5. The molecule has 0 fully saturated rings. The molecule has 0 atom stereocenters. The number of hydrogen-bond donors (Lipinski definition) is 3. The molecule has 0 saturated carbocycles. The third-order valence-corrected chi connectivity index (χ3v) is 3.35. The molecule has 0 aliphatic heterocycles. The summed E-state index contributed by atoms with van der Waals surface area (Å²) in [5, 5.41) is 15.6. The molecule has 0 unspecified atom stereocenters. The van der Waals surface area contributed by atoms with Crippen LogP contribution in [-0.2, 0) is 6.61 Å². The molecule has 4 nitrogen and oxygen atoms in total. The third-order valence-electron chi connectivity index (χ3n) is 3.35. The topological polar surface area (TPSA) is 53.5 Å². The van der Waals surface area contributed by atoms with Gasteiger partial charge in [0, 0.05) is 25.3 Å². The van der Waals surface area contributed by atoms with Gasteiger partial charge in [0.25, 0.3) is 0 Å². The summed E-state index contributed by atoms with van der Waals surface area (Å²) in [6.07, 6.45) is 0. The minimum Gasteiger partial charge on any atom is -0.495 e. The minimum atomic E-state index is 0.00967. The van der Waals surface area contributed by atoms with Gasteiger partial charge in [-0.3, -0.25) is 0 Å². The molecular weight excluding hydrogens is 252 g/mol. The van der Waals surface area contributed by atoms with Crippen molar-refractivity contribution in [3.63, 3.8) is 0 Å². The molecule has 106 valence electrons. The van der Waals surface area contributed by atoms with Gasteiger partial charge in [0.15, 0.2) is 0 Å². The molecular formula is C16H20N2O2. The molecule has 2 aromatic carbocycles. The van der Waals surface area contributed by atoms with Gasteiger partial charge in [-0.15, -0.1) is 0 Å². The fraction of sp³-hybridized carbons (Fsp3) is 0.250. The first-order valence-corrected chi connectivity index (χ1v) is 6.51. The van der Waals surface area contributed by atoms with Gasteiger partial charge in [0.1, 0.15) is 5.75 Å². The summed E-state index contributed by atoms with van der Waals surface area (Å²) in [5.74, 6) is 0.799. The van der Waals surface area contributed by atoms with Crippen molar-refractivity contribution in [2.24, 2.45) is 0 Å². The maximum atomic E-state index is 9.43. The largest absolute Gasteiger partial charge is 0.495 e. The molecule has 0 aromatic heterocycles. The van der Waals surface area contributed by atoms with E-state index in [0.717, 1.165) is 33.8 Å². The van der Waals surface area contributed by atoms with Crippen LogP contribution in [-0.4, -0.2) is 26.3 Å². The smallest absolute Gasteiger partial charge is 0.142 e. The van der Waals surface area contributed by atoms with Crippen LogP contribution in [0.15, 0.2) is 36.4 Å². The molecule has 2 aromatic rings. The normalized spacial score (nSPS) is 10.2. The van der Waals surface area contributed by atoms with Crippen molar-refractivity contribution in [3.8, 4) is 16.9 Å². The minimum absolute atomic E-state index is 0.00967. The lowest BCUT2D eigenvalue weighted by atomic mass is 10.0. The second kappa shape index (κ2) is 6.30. The van der Waals surface area contributed by atoms with Crippen LogP contribution in [0.4, 0.5) is 11.4 Å². The van der Waals surface area contributed by atoms with Crippen LogP contribution in [0.25, 0.3) is 11.1 Å². The van der Waals surface area contributed by atoms with Gasteiger partial charge in [-0.25, -0.2) is 0 Å². The Morgan fingerprint density at radius 1 is 0.950 bits per heavy atom. The lowest BCUT2D eigenvalue weighted by molar-refractivity contribution is 0.282. The van der Waals surface area contributed by atoms with Gasteiger partial charge < -0.3 is 20.5 Å². The summed E-state index contributed by atoms with van der Waals surface area (Å²) in [6.45, 7) is 0.00967. The lowest BCUT2D eigenvalue weighted by Gasteiger charge is -2.12. The molecule has 0 radical (unpaired) electrons. The van der Waals surface area contributed by atoms with E-state index < -0.39 is 0 Å². The Morgan fingerprint density at radius 3 is 2.10 bits per heavy atom. The zero-order valence-electron chi connectivity index (χ0n) is 12.0. The second-order valence-corrected chi connectivity index (χ2v) is 4.45. The van der Waals surface area contributed by atoms with Gasteiger partial charge in [-0.1, -0.05) is 12.1 Å². The van der Waals surface area contributed by atoms with Gasteiger partial charge in [-0.2, -0.15) is 0 Å². The number of anilines is 2. The van der Waals surface area contributed by atoms with Gasteiger partial charge >= 0.3 is 0 Å². The molecule has 0 bridgehead atoms. The molecule has 3 N–H and O–H groups in total. The predicted octanol–water partition coefficient (Wildman–Crippen LogP) is 2.94. The Bertz CT molecular complexity index is 544. The average molecular weight is 272 g/mol. The number of aliphatic hydroxyl groups excluding tert-OH is 1. The SMILES string of the molecule is CNc1ccc(-c2ccc(NC)c(OC)c2)cc1CO. The quantitative estimate of drug-likeness (QED) is 0.783. The van der Waals surface area contributed by atoms with Crippen LogP contribution in [0.1, 0.15) is 5.56 Å². The lowest BCUT2D eigenvalue weighted by Crippen LogP contribution is -1.96. The number of benzene rings is 2. The fourth-order valence-electron chi connectivity index (χ4n) is 2.23. The van der Waals surface area contributed by atoms with Crippen LogP contribution >= 0.6 is 0 Å².